The van der Waals surface area contributed by atoms with Gasteiger partial charge in [0, 0.05) is 21.5 Å². The summed E-state index contributed by atoms with van der Waals surface area (Å²) in [6.07, 6.45) is 21.8. The van der Waals surface area contributed by atoms with Crippen LogP contribution in [0, 0.1) is 45.3 Å². The van der Waals surface area contributed by atoms with E-state index in [1.165, 1.54) is 0 Å². The minimum absolute atomic E-state index is 0.315. The number of rotatable bonds is 8. The summed E-state index contributed by atoms with van der Waals surface area (Å²) >= 11 is 0. The second-order valence-corrected chi connectivity index (χ2v) is 11.2. The molecule has 0 saturated carbocycles. The Hall–Kier alpha value is -7.50. The van der Waals surface area contributed by atoms with Gasteiger partial charge in [0.15, 0.2) is 0 Å². The number of fused-ring (bicyclic) bond motifs is 4. The minimum atomic E-state index is 0.315. The van der Waals surface area contributed by atoms with Crippen LogP contribution < -0.4 is 0 Å². The first-order valence-electron chi connectivity index (χ1n) is 15.6. The van der Waals surface area contributed by atoms with Crippen molar-refractivity contribution in [1.29, 1.82) is 21.0 Å². The molecule has 0 spiro atoms. The van der Waals surface area contributed by atoms with Crippen LogP contribution in [0.1, 0.15) is 44.5 Å². The van der Waals surface area contributed by atoms with Crippen molar-refractivity contribution in [3.63, 3.8) is 0 Å². The molecule has 0 saturated heterocycles. The first-order valence-corrected chi connectivity index (χ1v) is 15.6. The van der Waals surface area contributed by atoms with Crippen LogP contribution in [0.3, 0.4) is 0 Å². The van der Waals surface area contributed by atoms with E-state index < -0.39 is 0 Å². The molecule has 4 nitrogen and oxygen atoms in total. The second kappa shape index (κ2) is 15.4. The van der Waals surface area contributed by atoms with Crippen LogP contribution >= 0.6 is 0 Å². The van der Waals surface area contributed by atoms with E-state index in [0.29, 0.717) is 43.8 Å². The van der Waals surface area contributed by atoms with Gasteiger partial charge in [-0.15, -0.1) is 0 Å². The molecule has 0 aromatic heterocycles. The fraction of sp³-hybridized carbons (Fsp3) is 0. The lowest BCUT2D eigenvalue weighted by molar-refractivity contribution is 1.49. The molecule has 0 bridgehead atoms. The first kappa shape index (κ1) is 33.9. The third-order valence-corrected chi connectivity index (χ3v) is 8.22. The summed E-state index contributed by atoms with van der Waals surface area (Å²) in [7, 11) is 0. The molecule has 0 aliphatic heterocycles. The Balaban J connectivity index is 2.01. The van der Waals surface area contributed by atoms with E-state index in [2.05, 4.69) is 50.6 Å². The van der Waals surface area contributed by atoms with Gasteiger partial charge in [0.05, 0.1) is 46.5 Å². The monoisotopic (exact) mass is 638 g/mol. The Labute approximate surface area is 292 Å². The molecule has 5 rings (SSSR count). The average Bonchev–Trinajstić information content (AvgIpc) is 3.13. The van der Waals surface area contributed by atoms with Crippen molar-refractivity contribution in [2.24, 2.45) is 0 Å². The van der Waals surface area contributed by atoms with Gasteiger partial charge in [0.25, 0.3) is 0 Å². The number of hydrogen-bond donors (Lipinski definition) is 0. The van der Waals surface area contributed by atoms with E-state index in [9.17, 15) is 21.0 Å². The first-order chi connectivity index (χ1) is 24.4. The van der Waals surface area contributed by atoms with Crippen LogP contribution in [0.2, 0.25) is 0 Å². The fourth-order valence-electron chi connectivity index (χ4n) is 5.90. The van der Waals surface area contributed by atoms with Crippen LogP contribution in [0.5, 0.6) is 0 Å². The van der Waals surface area contributed by atoms with E-state index in [1.54, 1.807) is 60.7 Å². The van der Waals surface area contributed by atoms with Crippen LogP contribution in [0.4, 0.5) is 0 Å². The maximum absolute atomic E-state index is 10.5. The Morgan fingerprint density at radius 1 is 0.340 bits per heavy atom. The summed E-state index contributed by atoms with van der Waals surface area (Å²) in [5, 5.41) is 47.0. The van der Waals surface area contributed by atoms with Crippen LogP contribution in [0.15, 0.2) is 136 Å². The van der Waals surface area contributed by atoms with Gasteiger partial charge in [-0.05, 0) is 104 Å². The highest BCUT2D eigenvalue weighted by molar-refractivity contribution is 6.08. The zero-order valence-electron chi connectivity index (χ0n) is 27.3. The molecule has 0 N–H and O–H groups in total. The van der Waals surface area contributed by atoms with Crippen molar-refractivity contribution < 1.29 is 0 Å². The molecule has 5 aromatic carbocycles. The Morgan fingerprint density at radius 3 is 0.740 bits per heavy atom. The molecule has 50 heavy (non-hydrogen) atoms. The van der Waals surface area contributed by atoms with Crippen molar-refractivity contribution >= 4 is 67.4 Å². The third-order valence-electron chi connectivity index (χ3n) is 8.22. The Morgan fingerprint density at radius 2 is 0.560 bits per heavy atom. The van der Waals surface area contributed by atoms with Crippen molar-refractivity contribution in [3.8, 4) is 24.3 Å². The van der Waals surface area contributed by atoms with E-state index >= 15 is 0 Å². The van der Waals surface area contributed by atoms with Gasteiger partial charge >= 0.3 is 0 Å². The zero-order valence-corrected chi connectivity index (χ0v) is 27.3. The highest BCUT2D eigenvalue weighted by Gasteiger charge is 2.14. The number of nitrogens with zero attached hydrogens (tertiary/aromatic N) is 4. The summed E-state index contributed by atoms with van der Waals surface area (Å²) in [4.78, 5) is 0. The topological polar surface area (TPSA) is 95.2 Å². The molecule has 4 heteroatoms. The molecule has 5 aromatic rings. The van der Waals surface area contributed by atoms with Crippen LogP contribution in [-0.2, 0) is 0 Å². The zero-order chi connectivity index (χ0) is 35.6. The van der Waals surface area contributed by atoms with Gasteiger partial charge in [-0.1, -0.05) is 99.2 Å². The molecular formula is C46H30N4. The van der Waals surface area contributed by atoms with Gasteiger partial charge in [0.1, 0.15) is 0 Å². The standard InChI is InChI=1S/C46H30N4/c1-5-9-13-31-17-35-21-39(27-47)43-25-45-41(29-49)23-37-19-33(15-11-7-3)34(16-12-8-4)20-38(37)24-42(30-50)46(45)26-44(43)40(28-48)22-36(35)18-32(31)14-10-6-2/h5-26H,1-4H2/b13-9+,14-10+,15-11+,16-12+,35-21?,36-22?,37-23?,38-24?,39-21?,40-22?,41-23?,42-24?,43-39?,44-40?,45-41?,46-42?. The summed E-state index contributed by atoms with van der Waals surface area (Å²) in [5.41, 5.74) is 4.83. The van der Waals surface area contributed by atoms with E-state index in [0.717, 1.165) is 43.8 Å². The van der Waals surface area contributed by atoms with E-state index in [-0.39, 0.29) is 0 Å². The predicted molar refractivity (Wildman–Crippen MR) is 210 cm³/mol. The number of allylic oxidation sites excluding steroid dienone is 8. The van der Waals surface area contributed by atoms with Crippen molar-refractivity contribution in [2.75, 3.05) is 0 Å². The number of benzene rings is 3. The molecule has 0 fully saturated rings. The SMILES string of the molecule is C=C/C=C/c1cc2cc(C#N)c3cc4c(C#N)cc5cc(/C=C/C=C)c(/C=C/C=C)cc5cc(C#N)c4cc3c(C#N)cc2cc1/C=C/C=C. The van der Waals surface area contributed by atoms with Gasteiger partial charge in [-0.25, -0.2) is 0 Å². The van der Waals surface area contributed by atoms with E-state index in [4.69, 9.17) is 0 Å². The van der Waals surface area contributed by atoms with Gasteiger partial charge in [0.2, 0.25) is 0 Å². The van der Waals surface area contributed by atoms with Gasteiger partial charge in [-0.3, -0.25) is 0 Å². The summed E-state index contributed by atoms with van der Waals surface area (Å²) in [6, 6.07) is 27.9. The van der Waals surface area contributed by atoms with Gasteiger partial charge < -0.3 is 0 Å². The normalized spacial score (nSPS) is 11.1. The average molecular weight is 639 g/mol. The lowest BCUT2D eigenvalue weighted by Crippen LogP contribution is -1.90. The summed E-state index contributed by atoms with van der Waals surface area (Å²) in [5.74, 6) is 0. The molecule has 0 heterocycles. The summed E-state index contributed by atoms with van der Waals surface area (Å²) in [6.45, 7) is 15.1. The van der Waals surface area contributed by atoms with Crippen LogP contribution in [-0.4, -0.2) is 0 Å². The molecule has 0 radical (unpaired) electrons. The lowest BCUT2D eigenvalue weighted by atomic mass is 9.91. The molecule has 0 unspecified atom stereocenters. The maximum Gasteiger partial charge on any atom is 0.0998 e. The van der Waals surface area contributed by atoms with Crippen molar-refractivity contribution in [3.05, 3.63) is 180 Å². The number of nitriles is 4. The molecule has 0 aliphatic rings. The van der Waals surface area contributed by atoms with E-state index in [1.807, 2.05) is 72.9 Å². The molecule has 0 atom stereocenters. The summed E-state index contributed by atoms with van der Waals surface area (Å²) < 4.78 is 0. The smallest absolute Gasteiger partial charge is 0.0998 e. The van der Waals surface area contributed by atoms with Crippen LogP contribution in [0.25, 0.3) is 67.4 Å². The second-order valence-electron chi connectivity index (χ2n) is 11.2. The fourth-order valence-corrected chi connectivity index (χ4v) is 5.90. The highest BCUT2D eigenvalue weighted by Crippen LogP contribution is 2.34. The Bertz CT molecular complexity index is 2280. The molecule has 0 amide bonds. The third kappa shape index (κ3) is 6.79. The maximum atomic E-state index is 10.5. The lowest BCUT2D eigenvalue weighted by Gasteiger charge is -2.10. The Kier molecular flexibility index (Phi) is 10.4. The van der Waals surface area contributed by atoms with Crippen molar-refractivity contribution in [1.82, 2.24) is 0 Å². The molecule has 234 valence electrons. The minimum Gasteiger partial charge on any atom is -0.192 e. The quantitative estimate of drug-likeness (QED) is 0.158. The molecular weight excluding hydrogens is 609 g/mol. The predicted octanol–water partition coefficient (Wildman–Crippen LogP) is 11.7. The number of hydrogen-bond acceptors (Lipinski definition) is 4. The largest absolute Gasteiger partial charge is 0.192 e. The molecule has 0 aliphatic carbocycles. The van der Waals surface area contributed by atoms with Crippen molar-refractivity contribution in [2.45, 2.75) is 0 Å². The van der Waals surface area contributed by atoms with Gasteiger partial charge in [-0.2, -0.15) is 21.0 Å². The highest BCUT2D eigenvalue weighted by atomic mass is 14.3.